The minimum absolute atomic E-state index is 0.147. The minimum Gasteiger partial charge on any atom is -0.483 e. The SMILES string of the molecule is Cc1ccc(C(=O)Oc2ccc(/C=N/NC(=O)COc3cc(C)c(Br)cc3C(C)C)cc2)cc1. The molecular formula is C27H27BrN2O4. The van der Waals surface area contributed by atoms with Gasteiger partial charge in [0.2, 0.25) is 0 Å². The minimum atomic E-state index is -0.421. The Hall–Kier alpha value is -3.45. The highest BCUT2D eigenvalue weighted by Crippen LogP contribution is 2.32. The van der Waals surface area contributed by atoms with Crippen LogP contribution in [0.4, 0.5) is 0 Å². The Labute approximate surface area is 208 Å². The number of carbonyl (C=O) groups is 2. The molecule has 0 atom stereocenters. The van der Waals surface area contributed by atoms with Crippen molar-refractivity contribution in [2.45, 2.75) is 33.6 Å². The van der Waals surface area contributed by atoms with Crippen molar-refractivity contribution in [3.8, 4) is 11.5 Å². The van der Waals surface area contributed by atoms with Crippen molar-refractivity contribution in [1.82, 2.24) is 5.43 Å². The molecule has 0 saturated carbocycles. The van der Waals surface area contributed by atoms with E-state index in [4.69, 9.17) is 9.47 Å². The van der Waals surface area contributed by atoms with Crippen LogP contribution in [0.25, 0.3) is 0 Å². The Morgan fingerprint density at radius 1 is 1.03 bits per heavy atom. The van der Waals surface area contributed by atoms with Crippen LogP contribution in [-0.2, 0) is 4.79 Å². The molecule has 0 aliphatic rings. The van der Waals surface area contributed by atoms with Gasteiger partial charge >= 0.3 is 5.97 Å². The summed E-state index contributed by atoms with van der Waals surface area (Å²) in [5, 5.41) is 3.97. The molecule has 0 bridgehead atoms. The third kappa shape index (κ3) is 7.02. The zero-order valence-corrected chi connectivity index (χ0v) is 21.2. The van der Waals surface area contributed by atoms with Gasteiger partial charge in [-0.05, 0) is 85.0 Å². The molecule has 3 aromatic rings. The van der Waals surface area contributed by atoms with Gasteiger partial charge in [-0.1, -0.05) is 47.5 Å². The van der Waals surface area contributed by atoms with Crippen molar-refractivity contribution in [1.29, 1.82) is 0 Å². The first kappa shape index (κ1) is 25.2. The van der Waals surface area contributed by atoms with E-state index < -0.39 is 5.97 Å². The first-order chi connectivity index (χ1) is 16.2. The average molecular weight is 523 g/mol. The van der Waals surface area contributed by atoms with E-state index >= 15 is 0 Å². The lowest BCUT2D eigenvalue weighted by atomic mass is 10.0. The first-order valence-corrected chi connectivity index (χ1v) is 11.7. The summed E-state index contributed by atoms with van der Waals surface area (Å²) in [4.78, 5) is 24.4. The fourth-order valence-electron chi connectivity index (χ4n) is 3.08. The van der Waals surface area contributed by atoms with E-state index in [1.807, 2.05) is 38.1 Å². The van der Waals surface area contributed by atoms with Crippen molar-refractivity contribution in [3.63, 3.8) is 0 Å². The predicted octanol–water partition coefficient (Wildman–Crippen LogP) is 5.94. The van der Waals surface area contributed by atoms with E-state index in [1.165, 1.54) is 6.21 Å². The third-order valence-corrected chi connectivity index (χ3v) is 5.91. The summed E-state index contributed by atoms with van der Waals surface area (Å²) in [6.07, 6.45) is 1.51. The monoisotopic (exact) mass is 522 g/mol. The number of hydrazone groups is 1. The van der Waals surface area contributed by atoms with Gasteiger partial charge in [-0.15, -0.1) is 0 Å². The van der Waals surface area contributed by atoms with E-state index in [1.54, 1.807) is 36.4 Å². The summed E-state index contributed by atoms with van der Waals surface area (Å²) < 4.78 is 12.1. The molecule has 0 spiro atoms. The maximum atomic E-state index is 12.2. The normalized spacial score (nSPS) is 11.0. The van der Waals surface area contributed by atoms with Crippen LogP contribution >= 0.6 is 15.9 Å². The molecule has 1 N–H and O–H groups in total. The molecule has 0 unspecified atom stereocenters. The second-order valence-corrected chi connectivity index (χ2v) is 9.05. The van der Waals surface area contributed by atoms with Gasteiger partial charge in [-0.2, -0.15) is 5.10 Å². The molecule has 0 fully saturated rings. The molecule has 7 heteroatoms. The fourth-order valence-corrected chi connectivity index (χ4v) is 3.44. The van der Waals surface area contributed by atoms with Gasteiger partial charge in [0.1, 0.15) is 11.5 Å². The number of benzene rings is 3. The van der Waals surface area contributed by atoms with Crippen LogP contribution in [0.5, 0.6) is 11.5 Å². The van der Waals surface area contributed by atoms with Crippen LogP contribution in [0.2, 0.25) is 0 Å². The fraction of sp³-hybridized carbons (Fsp3) is 0.222. The lowest BCUT2D eigenvalue weighted by molar-refractivity contribution is -0.123. The topological polar surface area (TPSA) is 77.0 Å². The zero-order chi connectivity index (χ0) is 24.7. The van der Waals surface area contributed by atoms with E-state index in [0.717, 1.165) is 26.7 Å². The summed E-state index contributed by atoms with van der Waals surface area (Å²) in [6.45, 7) is 7.93. The molecule has 0 aromatic heterocycles. The molecule has 0 heterocycles. The highest BCUT2D eigenvalue weighted by molar-refractivity contribution is 9.10. The molecule has 6 nitrogen and oxygen atoms in total. The number of amides is 1. The standard InChI is InChI=1S/C27H27BrN2O4/c1-17(2)23-14-24(28)19(4)13-25(23)33-16-26(31)30-29-15-20-7-11-22(12-8-20)34-27(32)21-9-5-18(3)6-10-21/h5-15,17H,16H2,1-4H3,(H,30,31)/b29-15+. The Kier molecular flexibility index (Phi) is 8.60. The number of hydrogen-bond acceptors (Lipinski definition) is 5. The Balaban J connectivity index is 1.50. The van der Waals surface area contributed by atoms with Crippen LogP contribution in [0, 0.1) is 13.8 Å². The largest absolute Gasteiger partial charge is 0.483 e. The van der Waals surface area contributed by atoms with Gasteiger partial charge < -0.3 is 9.47 Å². The molecule has 34 heavy (non-hydrogen) atoms. The number of esters is 1. The molecule has 0 aliphatic heterocycles. The Morgan fingerprint density at radius 2 is 1.71 bits per heavy atom. The lowest BCUT2D eigenvalue weighted by Gasteiger charge is -2.15. The smallest absolute Gasteiger partial charge is 0.343 e. The molecule has 0 radical (unpaired) electrons. The number of nitrogens with one attached hydrogen (secondary N) is 1. The quantitative estimate of drug-likeness (QED) is 0.172. The number of aryl methyl sites for hydroxylation is 2. The molecule has 0 saturated heterocycles. The summed E-state index contributed by atoms with van der Waals surface area (Å²) in [7, 11) is 0. The van der Waals surface area contributed by atoms with Crippen molar-refractivity contribution >= 4 is 34.0 Å². The summed E-state index contributed by atoms with van der Waals surface area (Å²) in [6, 6.07) is 17.9. The summed E-state index contributed by atoms with van der Waals surface area (Å²) in [5.74, 6) is 0.578. The molecular weight excluding hydrogens is 496 g/mol. The number of ether oxygens (including phenoxy) is 2. The first-order valence-electron chi connectivity index (χ1n) is 10.9. The van der Waals surface area contributed by atoms with Crippen LogP contribution in [-0.4, -0.2) is 24.7 Å². The van der Waals surface area contributed by atoms with Crippen LogP contribution in [0.3, 0.4) is 0 Å². The van der Waals surface area contributed by atoms with Gasteiger partial charge in [0.05, 0.1) is 11.8 Å². The van der Waals surface area contributed by atoms with Crippen molar-refractivity contribution < 1.29 is 19.1 Å². The molecule has 0 aliphatic carbocycles. The Morgan fingerprint density at radius 3 is 2.35 bits per heavy atom. The van der Waals surface area contributed by atoms with E-state index in [0.29, 0.717) is 17.1 Å². The number of halogens is 1. The highest BCUT2D eigenvalue weighted by Gasteiger charge is 2.12. The van der Waals surface area contributed by atoms with Crippen LogP contribution < -0.4 is 14.9 Å². The van der Waals surface area contributed by atoms with Crippen LogP contribution in [0.1, 0.15) is 52.4 Å². The second kappa shape index (κ2) is 11.6. The Bertz CT molecular complexity index is 1190. The second-order valence-electron chi connectivity index (χ2n) is 8.20. The summed E-state index contributed by atoms with van der Waals surface area (Å²) >= 11 is 3.54. The van der Waals surface area contributed by atoms with Gasteiger partial charge in [0.15, 0.2) is 6.61 Å². The zero-order valence-electron chi connectivity index (χ0n) is 19.6. The molecule has 1 amide bonds. The number of rotatable bonds is 8. The number of nitrogens with zero attached hydrogens (tertiary/aromatic N) is 1. The van der Waals surface area contributed by atoms with E-state index in [9.17, 15) is 9.59 Å². The van der Waals surface area contributed by atoms with Crippen molar-refractivity contribution in [2.75, 3.05) is 6.61 Å². The number of carbonyl (C=O) groups excluding carboxylic acids is 2. The molecule has 3 aromatic carbocycles. The predicted molar refractivity (Wildman–Crippen MR) is 137 cm³/mol. The van der Waals surface area contributed by atoms with Gasteiger partial charge in [-0.3, -0.25) is 4.79 Å². The van der Waals surface area contributed by atoms with Gasteiger partial charge in [0, 0.05) is 4.47 Å². The van der Waals surface area contributed by atoms with Crippen molar-refractivity contribution in [3.05, 3.63) is 93.0 Å². The number of hydrogen-bond donors (Lipinski definition) is 1. The van der Waals surface area contributed by atoms with E-state index in [-0.39, 0.29) is 18.4 Å². The summed E-state index contributed by atoms with van der Waals surface area (Å²) in [5.41, 5.74) is 6.81. The highest BCUT2D eigenvalue weighted by atomic mass is 79.9. The van der Waals surface area contributed by atoms with Gasteiger partial charge in [0.25, 0.3) is 5.91 Å². The maximum Gasteiger partial charge on any atom is 0.343 e. The third-order valence-electron chi connectivity index (χ3n) is 5.05. The van der Waals surface area contributed by atoms with Crippen LogP contribution in [0.15, 0.2) is 70.2 Å². The lowest BCUT2D eigenvalue weighted by Crippen LogP contribution is -2.25. The molecule has 176 valence electrons. The van der Waals surface area contributed by atoms with Gasteiger partial charge in [-0.25, -0.2) is 10.2 Å². The maximum absolute atomic E-state index is 12.2. The van der Waals surface area contributed by atoms with E-state index in [2.05, 4.69) is 40.3 Å². The van der Waals surface area contributed by atoms with Crippen molar-refractivity contribution in [2.24, 2.45) is 5.10 Å². The molecule has 3 rings (SSSR count). The average Bonchev–Trinajstić information content (AvgIpc) is 2.81.